The maximum absolute atomic E-state index is 2.59. The van der Waals surface area contributed by atoms with E-state index in [4.69, 9.17) is 0 Å². The third kappa shape index (κ3) is 4.27. The molecule has 29 heavy (non-hydrogen) atoms. The van der Waals surface area contributed by atoms with Crippen molar-refractivity contribution in [1.29, 1.82) is 0 Å². The van der Waals surface area contributed by atoms with Crippen LogP contribution in [0.15, 0.2) is 24.3 Å². The van der Waals surface area contributed by atoms with Crippen molar-refractivity contribution in [2.75, 3.05) is 13.1 Å². The Morgan fingerprint density at radius 2 is 1.24 bits per heavy atom. The average Bonchev–Trinajstić information content (AvgIpc) is 3.10. The van der Waals surface area contributed by atoms with Gasteiger partial charge in [-0.1, -0.05) is 49.2 Å². The minimum atomic E-state index is 0.457. The quantitative estimate of drug-likeness (QED) is 0.510. The van der Waals surface area contributed by atoms with Gasteiger partial charge in [-0.2, -0.15) is 0 Å². The minimum absolute atomic E-state index is 0.457. The number of benzene rings is 2. The Morgan fingerprint density at radius 3 is 1.69 bits per heavy atom. The Morgan fingerprint density at radius 1 is 0.759 bits per heavy atom. The predicted octanol–water partition coefficient (Wildman–Crippen LogP) is 6.50. The Labute approximate surface area is 178 Å². The van der Waals surface area contributed by atoms with Crippen LogP contribution in [0.2, 0.25) is 0 Å². The van der Waals surface area contributed by atoms with Crippen molar-refractivity contribution >= 4 is 6.34 Å². The van der Waals surface area contributed by atoms with E-state index in [0.717, 1.165) is 25.9 Å². The first kappa shape index (κ1) is 21.6. The van der Waals surface area contributed by atoms with Crippen LogP contribution in [0.4, 0.5) is 0 Å². The molecule has 0 aliphatic carbocycles. The zero-order valence-electron chi connectivity index (χ0n) is 19.8. The molecule has 3 rings (SSSR count). The van der Waals surface area contributed by atoms with Crippen molar-refractivity contribution < 1.29 is 4.58 Å². The molecule has 2 aromatic carbocycles. The third-order valence-electron chi connectivity index (χ3n) is 6.63. The molecule has 0 spiro atoms. The first-order chi connectivity index (χ1) is 13.8. The van der Waals surface area contributed by atoms with Gasteiger partial charge in [-0.25, -0.2) is 0 Å². The maximum Gasteiger partial charge on any atom is 0.235 e. The van der Waals surface area contributed by atoms with E-state index in [-0.39, 0.29) is 0 Å². The van der Waals surface area contributed by atoms with Crippen LogP contribution >= 0.6 is 0 Å². The topological polar surface area (TPSA) is 6.25 Å². The van der Waals surface area contributed by atoms with E-state index in [2.05, 4.69) is 95.5 Å². The summed E-state index contributed by atoms with van der Waals surface area (Å²) in [5.41, 5.74) is 11.5. The van der Waals surface area contributed by atoms with Gasteiger partial charge in [0.25, 0.3) is 0 Å². The van der Waals surface area contributed by atoms with Crippen LogP contribution in [0.1, 0.15) is 83.3 Å². The SMILES string of the molecule is CC[C@@H](c1c(C)cc(C)cc1C)N1C=[N+]([C@@H](CC)c2c(C)cc(C)cc2C)CC1. The fraction of sp³-hybridized carbons (Fsp3) is 0.519. The first-order valence-corrected chi connectivity index (χ1v) is 11.3. The number of hydrogen-bond acceptors (Lipinski definition) is 1. The van der Waals surface area contributed by atoms with E-state index in [1.54, 1.807) is 0 Å². The van der Waals surface area contributed by atoms with E-state index in [1.807, 2.05) is 0 Å². The zero-order chi connectivity index (χ0) is 21.3. The number of hydrogen-bond donors (Lipinski definition) is 0. The highest BCUT2D eigenvalue weighted by Gasteiger charge is 2.33. The molecule has 2 heteroatoms. The lowest BCUT2D eigenvalue weighted by molar-refractivity contribution is -0.560. The van der Waals surface area contributed by atoms with Gasteiger partial charge in [0.1, 0.15) is 25.2 Å². The highest BCUT2D eigenvalue weighted by atomic mass is 15.3. The molecule has 1 aliphatic rings. The van der Waals surface area contributed by atoms with E-state index < -0.39 is 0 Å². The standard InChI is InChI=1S/C27H39N2/c1-9-24(26-20(5)13-18(3)14-21(26)6)28-11-12-29(17-28)25(10-2)27-22(7)15-19(4)16-23(27)8/h13-17,24-25H,9-12H2,1-8H3/q+1/t24-,25-/m0/s1. The van der Waals surface area contributed by atoms with Gasteiger partial charge in [-0.3, -0.25) is 9.48 Å². The van der Waals surface area contributed by atoms with Crippen molar-refractivity contribution in [2.45, 2.75) is 80.3 Å². The lowest BCUT2D eigenvalue weighted by Gasteiger charge is -2.24. The van der Waals surface area contributed by atoms with Gasteiger partial charge in [0.15, 0.2) is 0 Å². The first-order valence-electron chi connectivity index (χ1n) is 11.3. The van der Waals surface area contributed by atoms with Crippen LogP contribution in [0.5, 0.6) is 0 Å². The Bertz CT molecular complexity index is 876. The van der Waals surface area contributed by atoms with Gasteiger partial charge < -0.3 is 0 Å². The van der Waals surface area contributed by atoms with Crippen LogP contribution < -0.4 is 0 Å². The van der Waals surface area contributed by atoms with Gasteiger partial charge in [0.05, 0.1) is 0 Å². The monoisotopic (exact) mass is 391 g/mol. The van der Waals surface area contributed by atoms with E-state index in [1.165, 1.54) is 44.5 Å². The normalized spacial score (nSPS) is 16.1. The largest absolute Gasteiger partial charge is 0.257 e. The lowest BCUT2D eigenvalue weighted by atomic mass is 9.92. The summed E-state index contributed by atoms with van der Waals surface area (Å²) in [6, 6.07) is 10.3. The lowest BCUT2D eigenvalue weighted by Crippen LogP contribution is -2.27. The number of nitrogens with zero attached hydrogens (tertiary/aromatic N) is 2. The number of aryl methyl sites for hydroxylation is 6. The summed E-state index contributed by atoms with van der Waals surface area (Å²) in [6.07, 6.45) is 4.70. The fourth-order valence-electron chi connectivity index (χ4n) is 5.65. The minimum Gasteiger partial charge on any atom is -0.257 e. The van der Waals surface area contributed by atoms with Crippen LogP contribution in [-0.2, 0) is 0 Å². The molecule has 2 nitrogen and oxygen atoms in total. The second kappa shape index (κ2) is 8.73. The predicted molar refractivity (Wildman–Crippen MR) is 125 cm³/mol. The summed E-state index contributed by atoms with van der Waals surface area (Å²) in [4.78, 5) is 2.59. The van der Waals surface area contributed by atoms with Crippen LogP contribution in [0.3, 0.4) is 0 Å². The highest BCUT2D eigenvalue weighted by molar-refractivity contribution is 5.54. The third-order valence-corrected chi connectivity index (χ3v) is 6.63. The zero-order valence-corrected chi connectivity index (χ0v) is 19.8. The van der Waals surface area contributed by atoms with Crippen LogP contribution in [-0.4, -0.2) is 28.9 Å². The number of rotatable bonds is 6. The molecular weight excluding hydrogens is 352 g/mol. The molecule has 0 aromatic heterocycles. The van der Waals surface area contributed by atoms with E-state index >= 15 is 0 Å². The molecule has 1 heterocycles. The molecule has 1 aliphatic heterocycles. The molecule has 0 bridgehead atoms. The molecule has 2 aromatic rings. The summed E-state index contributed by atoms with van der Waals surface area (Å²) >= 11 is 0. The van der Waals surface area contributed by atoms with Crippen molar-refractivity contribution in [1.82, 2.24) is 4.90 Å². The van der Waals surface area contributed by atoms with Gasteiger partial charge in [-0.15, -0.1) is 0 Å². The van der Waals surface area contributed by atoms with Crippen molar-refractivity contribution in [3.8, 4) is 0 Å². The molecule has 0 amide bonds. The molecule has 0 unspecified atom stereocenters. The van der Waals surface area contributed by atoms with Gasteiger partial charge in [-0.05, 0) is 76.6 Å². The van der Waals surface area contributed by atoms with Gasteiger partial charge in [0.2, 0.25) is 6.34 Å². The Kier molecular flexibility index (Phi) is 6.51. The second-order valence-corrected chi connectivity index (χ2v) is 9.06. The average molecular weight is 392 g/mol. The smallest absolute Gasteiger partial charge is 0.235 e. The molecule has 0 N–H and O–H groups in total. The summed E-state index contributed by atoms with van der Waals surface area (Å²) in [5, 5.41) is 0. The van der Waals surface area contributed by atoms with Crippen molar-refractivity contribution in [3.63, 3.8) is 0 Å². The summed E-state index contributed by atoms with van der Waals surface area (Å²) in [6.45, 7) is 20.4. The molecule has 0 fully saturated rings. The molecule has 2 atom stereocenters. The maximum atomic E-state index is 2.59. The Hall–Kier alpha value is -2.09. The molecule has 0 radical (unpaired) electrons. The summed E-state index contributed by atoms with van der Waals surface area (Å²) in [5.74, 6) is 0. The van der Waals surface area contributed by atoms with Crippen molar-refractivity contribution in [2.24, 2.45) is 0 Å². The fourth-order valence-corrected chi connectivity index (χ4v) is 5.65. The second-order valence-electron chi connectivity index (χ2n) is 9.06. The summed E-state index contributed by atoms with van der Waals surface area (Å²) in [7, 11) is 0. The molecule has 0 saturated heterocycles. The van der Waals surface area contributed by atoms with Gasteiger partial charge in [0, 0.05) is 11.1 Å². The highest BCUT2D eigenvalue weighted by Crippen LogP contribution is 2.33. The Balaban J connectivity index is 1.96. The van der Waals surface area contributed by atoms with Crippen molar-refractivity contribution in [3.05, 3.63) is 68.8 Å². The van der Waals surface area contributed by atoms with Crippen LogP contribution in [0.25, 0.3) is 0 Å². The molecule has 0 saturated carbocycles. The molecular formula is C27H39N2+. The van der Waals surface area contributed by atoms with E-state index in [9.17, 15) is 0 Å². The van der Waals surface area contributed by atoms with E-state index in [0.29, 0.717) is 12.1 Å². The molecule has 156 valence electrons. The summed E-state index contributed by atoms with van der Waals surface area (Å²) < 4.78 is 2.59. The van der Waals surface area contributed by atoms with Crippen LogP contribution in [0, 0.1) is 41.5 Å². The van der Waals surface area contributed by atoms with Gasteiger partial charge >= 0.3 is 0 Å².